The van der Waals surface area contributed by atoms with Gasteiger partial charge in [0.2, 0.25) is 11.8 Å². The van der Waals surface area contributed by atoms with Crippen LogP contribution in [-0.4, -0.2) is 31.1 Å². The van der Waals surface area contributed by atoms with Gasteiger partial charge in [0.05, 0.1) is 12.5 Å². The van der Waals surface area contributed by atoms with Gasteiger partial charge in [0.15, 0.2) is 0 Å². The third-order valence-electron chi connectivity index (χ3n) is 3.61. The molecule has 0 saturated carbocycles. The van der Waals surface area contributed by atoms with Crippen LogP contribution < -0.4 is 11.1 Å². The van der Waals surface area contributed by atoms with Crippen LogP contribution in [0, 0.1) is 5.92 Å². The lowest BCUT2D eigenvalue weighted by Crippen LogP contribution is -2.46. The van der Waals surface area contributed by atoms with Crippen LogP contribution in [0.3, 0.4) is 0 Å². The molecule has 1 heterocycles. The fraction of sp³-hybridized carbons (Fsp3) is 0.733. The second kappa shape index (κ2) is 9.53. The van der Waals surface area contributed by atoms with E-state index >= 15 is 0 Å². The summed E-state index contributed by atoms with van der Waals surface area (Å²) in [6.07, 6.45) is 8.44. The summed E-state index contributed by atoms with van der Waals surface area (Å²) in [6.45, 7) is 4.74. The van der Waals surface area contributed by atoms with Gasteiger partial charge in [-0.3, -0.25) is 9.59 Å². The van der Waals surface area contributed by atoms with Crippen molar-refractivity contribution in [3.05, 3.63) is 12.7 Å². The Balaban J connectivity index is 2.23. The highest BCUT2D eigenvalue weighted by molar-refractivity contribution is 5.87. The Bertz CT molecular complexity index is 325. The fourth-order valence-electron chi connectivity index (χ4n) is 2.31. The minimum Gasteiger partial charge on any atom is -0.381 e. The molecule has 0 bridgehead atoms. The molecular weight excluding hydrogens is 256 g/mol. The van der Waals surface area contributed by atoms with Crippen molar-refractivity contribution in [2.24, 2.45) is 11.7 Å². The number of rotatable bonds is 10. The zero-order chi connectivity index (χ0) is 14.8. The Hall–Kier alpha value is -1.36. The van der Waals surface area contributed by atoms with E-state index in [4.69, 9.17) is 10.5 Å². The van der Waals surface area contributed by atoms with Crippen molar-refractivity contribution in [2.75, 3.05) is 13.2 Å². The molecule has 0 spiro atoms. The van der Waals surface area contributed by atoms with Crippen molar-refractivity contribution in [1.82, 2.24) is 5.32 Å². The molecule has 5 nitrogen and oxygen atoms in total. The molecule has 0 radical (unpaired) electrons. The Morgan fingerprint density at radius 1 is 1.35 bits per heavy atom. The van der Waals surface area contributed by atoms with Crippen LogP contribution in [0.5, 0.6) is 0 Å². The van der Waals surface area contributed by atoms with E-state index in [9.17, 15) is 9.59 Å². The molecular formula is C15H26N2O3. The SMILES string of the molecule is C=CCCCCCC[C@H](NC(=O)[C@@H]1CCOC1)C(N)=O. The molecule has 0 aromatic rings. The van der Waals surface area contributed by atoms with E-state index in [1.54, 1.807) is 0 Å². The minimum absolute atomic E-state index is 0.113. The molecule has 1 saturated heterocycles. The van der Waals surface area contributed by atoms with Crippen molar-refractivity contribution >= 4 is 11.8 Å². The van der Waals surface area contributed by atoms with Gasteiger partial charge < -0.3 is 15.8 Å². The number of unbranched alkanes of at least 4 members (excludes halogenated alkanes) is 4. The molecule has 0 aromatic heterocycles. The zero-order valence-electron chi connectivity index (χ0n) is 12.1. The Morgan fingerprint density at radius 3 is 2.70 bits per heavy atom. The van der Waals surface area contributed by atoms with Crippen molar-refractivity contribution in [1.29, 1.82) is 0 Å². The molecule has 1 aliphatic rings. The highest BCUT2D eigenvalue weighted by Crippen LogP contribution is 2.13. The summed E-state index contributed by atoms with van der Waals surface area (Å²) >= 11 is 0. The second-order valence-electron chi connectivity index (χ2n) is 5.30. The van der Waals surface area contributed by atoms with Crippen LogP contribution in [0.1, 0.15) is 44.9 Å². The minimum atomic E-state index is -0.553. The quantitative estimate of drug-likeness (QED) is 0.471. The van der Waals surface area contributed by atoms with E-state index in [0.717, 1.165) is 38.5 Å². The lowest BCUT2D eigenvalue weighted by Gasteiger charge is -2.17. The molecule has 0 unspecified atom stereocenters. The third kappa shape index (κ3) is 6.19. The summed E-state index contributed by atoms with van der Waals surface area (Å²) in [7, 11) is 0. The summed E-state index contributed by atoms with van der Waals surface area (Å²) in [4.78, 5) is 23.3. The number of amides is 2. The van der Waals surface area contributed by atoms with Crippen LogP contribution in [0.4, 0.5) is 0 Å². The number of hydrogen-bond donors (Lipinski definition) is 2. The lowest BCUT2D eigenvalue weighted by molar-refractivity contribution is -0.130. The Labute approximate surface area is 120 Å². The van der Waals surface area contributed by atoms with Crippen LogP contribution in [0.15, 0.2) is 12.7 Å². The average Bonchev–Trinajstić information content (AvgIpc) is 2.95. The number of nitrogens with two attached hydrogens (primary N) is 1. The maximum atomic E-state index is 11.9. The van der Waals surface area contributed by atoms with Gasteiger partial charge in [0, 0.05) is 6.61 Å². The first-order valence-corrected chi connectivity index (χ1v) is 7.43. The average molecular weight is 282 g/mol. The Kier molecular flexibility index (Phi) is 7.95. The normalized spacial score (nSPS) is 19.5. The molecule has 2 atom stereocenters. The van der Waals surface area contributed by atoms with E-state index in [1.807, 2.05) is 6.08 Å². The van der Waals surface area contributed by atoms with Crippen molar-refractivity contribution in [3.8, 4) is 0 Å². The van der Waals surface area contributed by atoms with Gasteiger partial charge in [0.25, 0.3) is 0 Å². The number of ether oxygens (including phenoxy) is 1. The van der Waals surface area contributed by atoms with Crippen molar-refractivity contribution in [3.63, 3.8) is 0 Å². The van der Waals surface area contributed by atoms with E-state index in [-0.39, 0.29) is 11.8 Å². The maximum absolute atomic E-state index is 11.9. The molecule has 20 heavy (non-hydrogen) atoms. The summed E-state index contributed by atoms with van der Waals surface area (Å²) in [5, 5.41) is 2.75. The standard InChI is InChI=1S/C15H26N2O3/c1-2-3-4-5-6-7-8-13(14(16)18)17-15(19)12-9-10-20-11-12/h2,12-13H,1,3-11H2,(H2,16,18)(H,17,19)/t12-,13+/m1/s1. The highest BCUT2D eigenvalue weighted by Gasteiger charge is 2.26. The predicted molar refractivity (Wildman–Crippen MR) is 78.0 cm³/mol. The van der Waals surface area contributed by atoms with Crippen LogP contribution in [-0.2, 0) is 14.3 Å². The smallest absolute Gasteiger partial charge is 0.239 e. The molecule has 5 heteroatoms. The highest BCUT2D eigenvalue weighted by atomic mass is 16.5. The summed E-state index contributed by atoms with van der Waals surface area (Å²) in [6, 6.07) is -0.553. The van der Waals surface area contributed by atoms with Gasteiger partial charge in [0.1, 0.15) is 6.04 Å². The van der Waals surface area contributed by atoms with E-state index in [0.29, 0.717) is 19.6 Å². The van der Waals surface area contributed by atoms with Gasteiger partial charge in [-0.05, 0) is 25.7 Å². The first-order chi connectivity index (χ1) is 9.65. The van der Waals surface area contributed by atoms with Crippen molar-refractivity contribution in [2.45, 2.75) is 51.0 Å². The van der Waals surface area contributed by atoms with Crippen LogP contribution in [0.2, 0.25) is 0 Å². The molecule has 0 aromatic carbocycles. The number of nitrogens with one attached hydrogen (secondary N) is 1. The number of allylic oxidation sites excluding steroid dienone is 1. The second-order valence-corrected chi connectivity index (χ2v) is 5.30. The first kappa shape index (κ1) is 16.7. The first-order valence-electron chi connectivity index (χ1n) is 7.43. The summed E-state index contributed by atoms with van der Waals surface area (Å²) in [5.74, 6) is -0.703. The van der Waals surface area contributed by atoms with E-state index < -0.39 is 11.9 Å². The van der Waals surface area contributed by atoms with Gasteiger partial charge >= 0.3 is 0 Å². The predicted octanol–water partition coefficient (Wildman–Crippen LogP) is 1.52. The zero-order valence-corrected chi connectivity index (χ0v) is 12.1. The molecule has 1 rings (SSSR count). The number of carbonyl (C=O) groups is 2. The molecule has 0 aliphatic carbocycles. The van der Waals surface area contributed by atoms with E-state index in [1.165, 1.54) is 0 Å². The van der Waals surface area contributed by atoms with Crippen LogP contribution >= 0.6 is 0 Å². The van der Waals surface area contributed by atoms with Crippen molar-refractivity contribution < 1.29 is 14.3 Å². The number of hydrogen-bond acceptors (Lipinski definition) is 3. The lowest BCUT2D eigenvalue weighted by atomic mass is 10.0. The number of primary amides is 1. The summed E-state index contributed by atoms with van der Waals surface area (Å²) in [5.41, 5.74) is 5.35. The maximum Gasteiger partial charge on any atom is 0.239 e. The fourth-order valence-corrected chi connectivity index (χ4v) is 2.31. The van der Waals surface area contributed by atoms with Gasteiger partial charge in [-0.2, -0.15) is 0 Å². The topological polar surface area (TPSA) is 81.4 Å². The van der Waals surface area contributed by atoms with E-state index in [2.05, 4.69) is 11.9 Å². The Morgan fingerprint density at radius 2 is 2.10 bits per heavy atom. The third-order valence-corrected chi connectivity index (χ3v) is 3.61. The van der Waals surface area contributed by atoms with Gasteiger partial charge in [-0.15, -0.1) is 6.58 Å². The van der Waals surface area contributed by atoms with Gasteiger partial charge in [-0.25, -0.2) is 0 Å². The number of carbonyl (C=O) groups excluding carboxylic acids is 2. The molecule has 1 aliphatic heterocycles. The molecule has 3 N–H and O–H groups in total. The van der Waals surface area contributed by atoms with Crippen LogP contribution in [0.25, 0.3) is 0 Å². The molecule has 1 fully saturated rings. The largest absolute Gasteiger partial charge is 0.381 e. The monoisotopic (exact) mass is 282 g/mol. The molecule has 2 amide bonds. The van der Waals surface area contributed by atoms with Gasteiger partial charge in [-0.1, -0.05) is 25.3 Å². The molecule has 114 valence electrons. The summed E-state index contributed by atoms with van der Waals surface area (Å²) < 4.78 is 5.17.